The topological polar surface area (TPSA) is 26.3 Å². The van der Waals surface area contributed by atoms with E-state index in [1.165, 1.54) is 5.56 Å². The summed E-state index contributed by atoms with van der Waals surface area (Å²) < 4.78 is 62.8. The number of rotatable bonds is 8. The van der Waals surface area contributed by atoms with Crippen LogP contribution in [0.5, 0.6) is 5.75 Å². The molecule has 2 nitrogen and oxygen atoms in total. The van der Waals surface area contributed by atoms with Crippen LogP contribution in [-0.2, 0) is 12.8 Å². The summed E-state index contributed by atoms with van der Waals surface area (Å²) in [5.74, 6) is -5.59. The predicted molar refractivity (Wildman–Crippen MR) is 136 cm³/mol. The molecule has 37 heavy (non-hydrogen) atoms. The Bertz CT molecular complexity index is 1350. The van der Waals surface area contributed by atoms with Crippen molar-refractivity contribution < 1.29 is 27.1 Å². The zero-order valence-electron chi connectivity index (χ0n) is 20.5. The van der Waals surface area contributed by atoms with E-state index < -0.39 is 40.6 Å². The van der Waals surface area contributed by atoms with Crippen LogP contribution < -0.4 is 4.74 Å². The zero-order valence-corrected chi connectivity index (χ0v) is 20.5. The number of carbonyl (C=O) groups excluding carboxylic acids is 1. The van der Waals surface area contributed by atoms with Gasteiger partial charge in [0.05, 0.1) is 0 Å². The van der Waals surface area contributed by atoms with Crippen molar-refractivity contribution in [2.45, 2.75) is 39.0 Å². The Kier molecular flexibility index (Phi) is 8.07. The second-order valence-electron chi connectivity index (χ2n) is 9.03. The minimum absolute atomic E-state index is 0.135. The highest BCUT2D eigenvalue weighted by Crippen LogP contribution is 2.28. The lowest BCUT2D eigenvalue weighted by atomic mass is 9.93. The van der Waals surface area contributed by atoms with Crippen LogP contribution in [0.4, 0.5) is 17.6 Å². The van der Waals surface area contributed by atoms with Gasteiger partial charge in [0.2, 0.25) is 0 Å². The van der Waals surface area contributed by atoms with Crippen molar-refractivity contribution in [1.82, 2.24) is 0 Å². The van der Waals surface area contributed by atoms with E-state index in [-0.39, 0.29) is 17.5 Å². The predicted octanol–water partition coefficient (Wildman–Crippen LogP) is 8.43. The summed E-state index contributed by atoms with van der Waals surface area (Å²) in [5, 5.41) is 0. The van der Waals surface area contributed by atoms with Crippen molar-refractivity contribution in [2.75, 3.05) is 0 Å². The largest absolute Gasteiger partial charge is 0.423 e. The normalized spacial score (nSPS) is 11.8. The Hall–Kier alpha value is -3.93. The monoisotopic (exact) mass is 506 g/mol. The summed E-state index contributed by atoms with van der Waals surface area (Å²) in [6.07, 6.45) is 1.49. The molecule has 0 saturated carbocycles. The summed E-state index contributed by atoms with van der Waals surface area (Å²) >= 11 is 0. The smallest absolute Gasteiger partial charge is 0.349 e. The molecule has 0 bridgehead atoms. The maximum atomic E-state index is 14.8. The third-order valence-corrected chi connectivity index (χ3v) is 6.27. The van der Waals surface area contributed by atoms with E-state index in [0.29, 0.717) is 17.9 Å². The second-order valence-corrected chi connectivity index (χ2v) is 9.03. The molecular weight excluding hydrogens is 480 g/mol. The van der Waals surface area contributed by atoms with Gasteiger partial charge in [0, 0.05) is 17.7 Å². The Labute approximate surface area is 213 Å². The molecule has 0 saturated heterocycles. The lowest BCUT2D eigenvalue weighted by Gasteiger charge is -2.13. The maximum absolute atomic E-state index is 14.8. The van der Waals surface area contributed by atoms with Crippen LogP contribution in [0.1, 0.15) is 53.2 Å². The van der Waals surface area contributed by atoms with Gasteiger partial charge in [-0.3, -0.25) is 0 Å². The van der Waals surface area contributed by atoms with Gasteiger partial charge >= 0.3 is 5.97 Å². The van der Waals surface area contributed by atoms with E-state index in [1.54, 1.807) is 19.1 Å². The minimum atomic E-state index is -1.38. The van der Waals surface area contributed by atoms with Crippen molar-refractivity contribution >= 4 is 5.97 Å². The van der Waals surface area contributed by atoms with Crippen LogP contribution in [0, 0.1) is 23.3 Å². The zero-order chi connectivity index (χ0) is 26.5. The van der Waals surface area contributed by atoms with E-state index in [4.69, 9.17) is 4.74 Å². The number of hydrogen-bond acceptors (Lipinski definition) is 2. The van der Waals surface area contributed by atoms with Gasteiger partial charge in [-0.25, -0.2) is 22.4 Å². The van der Waals surface area contributed by atoms with Gasteiger partial charge in [-0.15, -0.1) is 0 Å². The second kappa shape index (κ2) is 11.4. The molecule has 1 atom stereocenters. The molecule has 0 heterocycles. The highest BCUT2D eigenvalue weighted by Gasteiger charge is 2.22. The third kappa shape index (κ3) is 6.08. The van der Waals surface area contributed by atoms with Gasteiger partial charge in [0.1, 0.15) is 34.6 Å². The standard InChI is InChI=1S/C31H26F4O2/c1-3-7-25-26(32)17-24(18-27(25)33)37-31(36)30-28(34)15-23(16-29(30)35)22-12-10-20(11-13-22)14-19(2)21-8-5-4-6-9-21/h4-6,8-13,15-19H,3,7,14H2,1-2H3/t19-/m1/s1. The first-order chi connectivity index (χ1) is 17.8. The van der Waals surface area contributed by atoms with Gasteiger partial charge in [-0.05, 0) is 53.1 Å². The van der Waals surface area contributed by atoms with Crippen molar-refractivity contribution in [2.24, 2.45) is 0 Å². The summed E-state index contributed by atoms with van der Waals surface area (Å²) in [5.41, 5.74) is 2.05. The molecule has 0 fully saturated rings. The first-order valence-corrected chi connectivity index (χ1v) is 12.1. The van der Waals surface area contributed by atoms with Gasteiger partial charge in [0.15, 0.2) is 0 Å². The third-order valence-electron chi connectivity index (χ3n) is 6.27. The van der Waals surface area contributed by atoms with E-state index in [0.717, 1.165) is 36.2 Å². The first kappa shape index (κ1) is 26.1. The number of esters is 1. The van der Waals surface area contributed by atoms with Gasteiger partial charge in [-0.1, -0.05) is 74.9 Å². The fraction of sp³-hybridized carbons (Fsp3) is 0.194. The number of hydrogen-bond donors (Lipinski definition) is 0. The summed E-state index contributed by atoms with van der Waals surface area (Å²) in [4.78, 5) is 12.5. The lowest BCUT2D eigenvalue weighted by molar-refractivity contribution is 0.0723. The van der Waals surface area contributed by atoms with Crippen molar-refractivity contribution in [3.63, 3.8) is 0 Å². The SMILES string of the molecule is CCCc1c(F)cc(OC(=O)c2c(F)cc(-c3ccc(C[C@@H](C)c4ccccc4)cc3)cc2F)cc1F. The Morgan fingerprint density at radius 2 is 1.38 bits per heavy atom. The van der Waals surface area contributed by atoms with Crippen molar-refractivity contribution in [1.29, 1.82) is 0 Å². The van der Waals surface area contributed by atoms with Gasteiger partial charge in [-0.2, -0.15) is 0 Å². The van der Waals surface area contributed by atoms with E-state index >= 15 is 0 Å². The lowest BCUT2D eigenvalue weighted by Crippen LogP contribution is -2.14. The minimum Gasteiger partial charge on any atom is -0.423 e. The Morgan fingerprint density at radius 1 is 0.784 bits per heavy atom. The highest BCUT2D eigenvalue weighted by atomic mass is 19.1. The van der Waals surface area contributed by atoms with Gasteiger partial charge in [0.25, 0.3) is 0 Å². The molecule has 0 aliphatic rings. The van der Waals surface area contributed by atoms with Crippen LogP contribution in [0.2, 0.25) is 0 Å². The quantitative estimate of drug-likeness (QED) is 0.136. The molecule has 4 aromatic rings. The summed E-state index contributed by atoms with van der Waals surface area (Å²) in [6.45, 7) is 3.90. The van der Waals surface area contributed by atoms with Crippen LogP contribution in [0.15, 0.2) is 78.9 Å². The molecule has 0 aliphatic carbocycles. The van der Waals surface area contributed by atoms with Crippen molar-refractivity contribution in [3.05, 3.63) is 124 Å². The highest BCUT2D eigenvalue weighted by molar-refractivity contribution is 5.92. The van der Waals surface area contributed by atoms with Crippen molar-refractivity contribution in [3.8, 4) is 16.9 Å². The maximum Gasteiger partial charge on any atom is 0.349 e. The molecule has 0 amide bonds. The fourth-order valence-corrected chi connectivity index (χ4v) is 4.31. The Morgan fingerprint density at radius 3 is 1.95 bits per heavy atom. The summed E-state index contributed by atoms with van der Waals surface area (Å²) in [6, 6.07) is 21.2. The molecule has 6 heteroatoms. The molecule has 0 spiro atoms. The molecule has 190 valence electrons. The van der Waals surface area contributed by atoms with Crippen LogP contribution >= 0.6 is 0 Å². The Balaban J connectivity index is 1.50. The molecule has 0 unspecified atom stereocenters. The first-order valence-electron chi connectivity index (χ1n) is 12.1. The number of ether oxygens (including phenoxy) is 1. The van der Waals surface area contributed by atoms with E-state index in [1.807, 2.05) is 30.3 Å². The molecule has 4 rings (SSSR count). The molecule has 0 N–H and O–H groups in total. The number of carbonyl (C=O) groups is 1. The average Bonchev–Trinajstić information content (AvgIpc) is 2.86. The van der Waals surface area contributed by atoms with E-state index in [9.17, 15) is 22.4 Å². The van der Waals surface area contributed by atoms with Crippen LogP contribution in [0.25, 0.3) is 11.1 Å². The molecule has 0 aliphatic heterocycles. The number of benzene rings is 4. The van der Waals surface area contributed by atoms with E-state index in [2.05, 4.69) is 19.1 Å². The van der Waals surface area contributed by atoms with Crippen LogP contribution in [0.3, 0.4) is 0 Å². The summed E-state index contributed by atoms with van der Waals surface area (Å²) in [7, 11) is 0. The van der Waals surface area contributed by atoms with Crippen LogP contribution in [-0.4, -0.2) is 5.97 Å². The number of halogens is 4. The fourth-order valence-electron chi connectivity index (χ4n) is 4.31. The average molecular weight is 507 g/mol. The molecular formula is C31H26F4O2. The molecule has 4 aromatic carbocycles. The molecule has 0 radical (unpaired) electrons. The molecule has 0 aromatic heterocycles. The van der Waals surface area contributed by atoms with Gasteiger partial charge < -0.3 is 4.74 Å².